The molecule has 1 saturated carbocycles. The quantitative estimate of drug-likeness (QED) is 0.657. The normalized spacial score (nSPS) is 18.6. The van der Waals surface area contributed by atoms with Crippen LogP contribution in [0.15, 0.2) is 0 Å². The average molecular weight is 183 g/mol. The van der Waals surface area contributed by atoms with E-state index in [0.29, 0.717) is 17.6 Å². The Balaban J connectivity index is 2.10. The van der Waals surface area contributed by atoms with E-state index < -0.39 is 0 Å². The molecule has 0 aromatic heterocycles. The van der Waals surface area contributed by atoms with E-state index >= 15 is 0 Å². The summed E-state index contributed by atoms with van der Waals surface area (Å²) in [4.78, 5) is 11.4. The number of ketones is 1. The Bertz CT molecular complexity index is 163. The van der Waals surface area contributed by atoms with Crippen LogP contribution >= 0.6 is 0 Å². The predicted molar refractivity (Wildman–Crippen MR) is 54.4 cm³/mol. The molecule has 0 bridgehead atoms. The van der Waals surface area contributed by atoms with Crippen LogP contribution in [0.2, 0.25) is 0 Å². The first-order chi connectivity index (χ1) is 6.27. The van der Waals surface area contributed by atoms with Gasteiger partial charge in [-0.25, -0.2) is 0 Å². The number of carbonyl (C=O) groups excluding carboxylic acids is 1. The minimum atomic E-state index is 0.440. The maximum Gasteiger partial charge on any atom is 0.135 e. The van der Waals surface area contributed by atoms with E-state index in [2.05, 4.69) is 6.92 Å². The lowest BCUT2D eigenvalue weighted by molar-refractivity contribution is -0.120. The second-order valence-corrected chi connectivity index (χ2v) is 4.13. The fraction of sp³-hybridized carbons (Fsp3) is 0.909. The lowest BCUT2D eigenvalue weighted by atomic mass is 9.95. The van der Waals surface area contributed by atoms with Gasteiger partial charge in [-0.3, -0.25) is 4.79 Å². The van der Waals surface area contributed by atoms with Gasteiger partial charge in [-0.15, -0.1) is 0 Å². The molecule has 1 aliphatic rings. The van der Waals surface area contributed by atoms with Crippen molar-refractivity contribution in [3.8, 4) is 0 Å². The van der Waals surface area contributed by atoms with Crippen molar-refractivity contribution in [2.45, 2.75) is 45.4 Å². The van der Waals surface area contributed by atoms with Crippen LogP contribution in [0.5, 0.6) is 0 Å². The molecule has 76 valence electrons. The summed E-state index contributed by atoms with van der Waals surface area (Å²) < 4.78 is 0. The van der Waals surface area contributed by atoms with Crippen LogP contribution in [0.4, 0.5) is 0 Å². The van der Waals surface area contributed by atoms with Crippen molar-refractivity contribution in [2.24, 2.45) is 17.6 Å². The number of rotatable bonds is 7. The lowest BCUT2D eigenvalue weighted by Gasteiger charge is -2.12. The molecular formula is C11H21NO. The molecule has 1 aliphatic carbocycles. The van der Waals surface area contributed by atoms with Crippen LogP contribution in [0, 0.1) is 11.8 Å². The van der Waals surface area contributed by atoms with E-state index in [0.717, 1.165) is 45.1 Å². The molecule has 2 heteroatoms. The Kier molecular flexibility index (Phi) is 4.43. The molecule has 1 atom stereocenters. The molecule has 0 heterocycles. The lowest BCUT2D eigenvalue weighted by Crippen LogP contribution is -2.10. The summed E-state index contributed by atoms with van der Waals surface area (Å²) in [7, 11) is 0. The number of hydrogen-bond acceptors (Lipinski definition) is 2. The first-order valence-corrected chi connectivity index (χ1v) is 5.50. The summed E-state index contributed by atoms with van der Waals surface area (Å²) >= 11 is 0. The molecule has 1 unspecified atom stereocenters. The van der Waals surface area contributed by atoms with Crippen molar-refractivity contribution >= 4 is 5.78 Å². The standard InChI is InChI=1S/C11H21NO/c1-2-9(7-8-12)3-6-11(13)10-4-5-10/h9-10H,2-8,12H2,1H3. The van der Waals surface area contributed by atoms with Crippen molar-refractivity contribution in [3.63, 3.8) is 0 Å². The predicted octanol–water partition coefficient (Wildman–Crippen LogP) is 2.12. The van der Waals surface area contributed by atoms with E-state index in [1.807, 2.05) is 0 Å². The minimum absolute atomic E-state index is 0.440. The summed E-state index contributed by atoms with van der Waals surface area (Å²) in [5.74, 6) is 1.61. The van der Waals surface area contributed by atoms with E-state index in [4.69, 9.17) is 5.73 Å². The van der Waals surface area contributed by atoms with Crippen LogP contribution < -0.4 is 5.73 Å². The van der Waals surface area contributed by atoms with E-state index in [1.165, 1.54) is 0 Å². The third-order valence-electron chi connectivity index (χ3n) is 2.98. The molecule has 1 fully saturated rings. The van der Waals surface area contributed by atoms with Gasteiger partial charge in [0.15, 0.2) is 0 Å². The molecule has 0 aromatic rings. The Morgan fingerprint density at radius 3 is 2.62 bits per heavy atom. The fourth-order valence-electron chi connectivity index (χ4n) is 1.74. The first kappa shape index (κ1) is 10.7. The van der Waals surface area contributed by atoms with Crippen LogP contribution in [-0.4, -0.2) is 12.3 Å². The first-order valence-electron chi connectivity index (χ1n) is 5.50. The van der Waals surface area contributed by atoms with Gasteiger partial charge in [0.25, 0.3) is 0 Å². The number of Topliss-reactive ketones (excluding diaryl/α,β-unsaturated/α-hetero) is 1. The van der Waals surface area contributed by atoms with Crippen molar-refractivity contribution in [1.29, 1.82) is 0 Å². The summed E-state index contributed by atoms with van der Waals surface area (Å²) in [6, 6.07) is 0. The molecule has 0 saturated heterocycles. The zero-order valence-electron chi connectivity index (χ0n) is 8.59. The van der Waals surface area contributed by atoms with Gasteiger partial charge in [-0.1, -0.05) is 13.3 Å². The molecular weight excluding hydrogens is 162 g/mol. The summed E-state index contributed by atoms with van der Waals surface area (Å²) in [5, 5.41) is 0. The van der Waals surface area contributed by atoms with Crippen molar-refractivity contribution in [2.75, 3.05) is 6.54 Å². The van der Waals surface area contributed by atoms with Gasteiger partial charge < -0.3 is 5.73 Å². The highest BCUT2D eigenvalue weighted by atomic mass is 16.1. The molecule has 0 radical (unpaired) electrons. The van der Waals surface area contributed by atoms with E-state index in [9.17, 15) is 4.79 Å². The third-order valence-corrected chi connectivity index (χ3v) is 2.98. The van der Waals surface area contributed by atoms with E-state index in [1.54, 1.807) is 0 Å². The van der Waals surface area contributed by atoms with Gasteiger partial charge >= 0.3 is 0 Å². The van der Waals surface area contributed by atoms with Crippen molar-refractivity contribution < 1.29 is 4.79 Å². The van der Waals surface area contributed by atoms with Crippen LogP contribution in [0.1, 0.15) is 45.4 Å². The summed E-state index contributed by atoms with van der Waals surface area (Å²) in [5.41, 5.74) is 5.50. The topological polar surface area (TPSA) is 43.1 Å². The molecule has 13 heavy (non-hydrogen) atoms. The Morgan fingerprint density at radius 1 is 1.46 bits per heavy atom. The van der Waals surface area contributed by atoms with Gasteiger partial charge in [0.2, 0.25) is 0 Å². The zero-order chi connectivity index (χ0) is 9.68. The molecule has 0 aromatic carbocycles. The molecule has 2 nitrogen and oxygen atoms in total. The van der Waals surface area contributed by atoms with E-state index in [-0.39, 0.29) is 0 Å². The number of nitrogens with two attached hydrogens (primary N) is 1. The van der Waals surface area contributed by atoms with Gasteiger partial charge in [0, 0.05) is 12.3 Å². The van der Waals surface area contributed by atoms with Gasteiger partial charge in [-0.05, 0) is 38.1 Å². The highest BCUT2D eigenvalue weighted by Crippen LogP contribution is 2.32. The molecule has 0 aliphatic heterocycles. The highest BCUT2D eigenvalue weighted by Gasteiger charge is 2.28. The summed E-state index contributed by atoms with van der Waals surface area (Å²) in [6.45, 7) is 2.94. The molecule has 1 rings (SSSR count). The monoisotopic (exact) mass is 183 g/mol. The maximum absolute atomic E-state index is 11.4. The van der Waals surface area contributed by atoms with Gasteiger partial charge in [-0.2, -0.15) is 0 Å². The summed E-state index contributed by atoms with van der Waals surface area (Å²) in [6.07, 6.45) is 6.38. The van der Waals surface area contributed by atoms with Crippen molar-refractivity contribution in [3.05, 3.63) is 0 Å². The van der Waals surface area contributed by atoms with Crippen LogP contribution in [0.25, 0.3) is 0 Å². The Labute approximate surface area is 80.9 Å². The van der Waals surface area contributed by atoms with Crippen molar-refractivity contribution in [1.82, 2.24) is 0 Å². The fourth-order valence-corrected chi connectivity index (χ4v) is 1.74. The van der Waals surface area contributed by atoms with Crippen LogP contribution in [0.3, 0.4) is 0 Å². The largest absolute Gasteiger partial charge is 0.330 e. The number of hydrogen-bond donors (Lipinski definition) is 1. The minimum Gasteiger partial charge on any atom is -0.330 e. The SMILES string of the molecule is CCC(CCN)CCC(=O)C1CC1. The molecule has 0 amide bonds. The van der Waals surface area contributed by atoms with Crippen LogP contribution in [-0.2, 0) is 4.79 Å². The third kappa shape index (κ3) is 3.90. The van der Waals surface area contributed by atoms with Gasteiger partial charge in [0.1, 0.15) is 5.78 Å². The Morgan fingerprint density at radius 2 is 2.15 bits per heavy atom. The smallest absolute Gasteiger partial charge is 0.135 e. The average Bonchev–Trinajstić information content (AvgIpc) is 2.94. The molecule has 2 N–H and O–H groups in total. The highest BCUT2D eigenvalue weighted by molar-refractivity contribution is 5.83. The molecule has 0 spiro atoms. The second kappa shape index (κ2) is 5.38. The number of carbonyl (C=O) groups is 1. The van der Waals surface area contributed by atoms with Gasteiger partial charge in [0.05, 0.1) is 0 Å². The maximum atomic E-state index is 11.4. The second-order valence-electron chi connectivity index (χ2n) is 4.13. The zero-order valence-corrected chi connectivity index (χ0v) is 8.59. The Hall–Kier alpha value is -0.370.